The van der Waals surface area contributed by atoms with Crippen molar-refractivity contribution in [2.45, 2.75) is 45.3 Å². The van der Waals surface area contributed by atoms with Gasteiger partial charge >= 0.3 is 0 Å². The zero-order valence-corrected chi connectivity index (χ0v) is 11.2. The number of likely N-dealkylation sites (tertiary alicyclic amines) is 1. The Morgan fingerprint density at radius 3 is 2.84 bits per heavy atom. The smallest absolute Gasteiger partial charge is 0.247 e. The molecule has 1 N–H and O–H groups in total. The number of aryl methyl sites for hydroxylation is 1. The van der Waals surface area contributed by atoms with Crippen molar-refractivity contribution < 1.29 is 9.59 Å². The predicted octanol–water partition coefficient (Wildman–Crippen LogP) is -0.206. The number of carbonyl (C=O) groups is 2. The van der Waals surface area contributed by atoms with E-state index in [1.807, 2.05) is 13.8 Å². The van der Waals surface area contributed by atoms with Crippen molar-refractivity contribution in [2.75, 3.05) is 6.54 Å². The van der Waals surface area contributed by atoms with E-state index in [2.05, 4.69) is 15.6 Å². The van der Waals surface area contributed by atoms with Crippen LogP contribution in [0, 0.1) is 0 Å². The summed E-state index contributed by atoms with van der Waals surface area (Å²) in [5, 5.41) is 10.7. The maximum atomic E-state index is 12.0. The maximum absolute atomic E-state index is 12.0. The monoisotopic (exact) mass is 265 g/mol. The van der Waals surface area contributed by atoms with Crippen LogP contribution in [0.4, 0.5) is 0 Å². The first-order chi connectivity index (χ1) is 9.09. The summed E-state index contributed by atoms with van der Waals surface area (Å²) < 4.78 is 1.74. The molecule has 1 aliphatic heterocycles. The SMILES string of the molecule is CC(C)N1C(=O)CC(NCCCn2ccnn2)C1=O. The third-order valence-corrected chi connectivity index (χ3v) is 3.13. The van der Waals surface area contributed by atoms with Gasteiger partial charge in [-0.25, -0.2) is 0 Å². The number of hydrogen-bond donors (Lipinski definition) is 1. The van der Waals surface area contributed by atoms with Gasteiger partial charge in [-0.15, -0.1) is 5.10 Å². The van der Waals surface area contributed by atoms with E-state index in [4.69, 9.17) is 0 Å². The van der Waals surface area contributed by atoms with Crippen LogP contribution in [0.25, 0.3) is 0 Å². The highest BCUT2D eigenvalue weighted by Gasteiger charge is 2.39. The first-order valence-electron chi connectivity index (χ1n) is 6.53. The van der Waals surface area contributed by atoms with Crippen LogP contribution in [0.2, 0.25) is 0 Å². The molecule has 1 atom stereocenters. The number of imide groups is 1. The van der Waals surface area contributed by atoms with Gasteiger partial charge in [0, 0.05) is 18.8 Å². The van der Waals surface area contributed by atoms with Gasteiger partial charge in [-0.2, -0.15) is 0 Å². The number of hydrogen-bond acceptors (Lipinski definition) is 5. The molecule has 7 heteroatoms. The van der Waals surface area contributed by atoms with E-state index in [-0.39, 0.29) is 30.3 Å². The van der Waals surface area contributed by atoms with Gasteiger partial charge in [0.25, 0.3) is 0 Å². The summed E-state index contributed by atoms with van der Waals surface area (Å²) in [5.41, 5.74) is 0. The fraction of sp³-hybridized carbons (Fsp3) is 0.667. The highest BCUT2D eigenvalue weighted by Crippen LogP contribution is 2.15. The number of rotatable bonds is 6. The van der Waals surface area contributed by atoms with Crippen LogP contribution in [0.5, 0.6) is 0 Å². The molecule has 1 aromatic rings. The zero-order chi connectivity index (χ0) is 13.8. The summed E-state index contributed by atoms with van der Waals surface area (Å²) in [7, 11) is 0. The number of nitrogens with zero attached hydrogens (tertiary/aromatic N) is 4. The Hall–Kier alpha value is -1.76. The standard InChI is InChI=1S/C12H19N5O2/c1-9(2)17-11(18)8-10(12(17)19)13-4-3-6-16-7-5-14-15-16/h5,7,9-10,13H,3-4,6,8H2,1-2H3. The Morgan fingerprint density at radius 2 is 2.26 bits per heavy atom. The number of amides is 2. The van der Waals surface area contributed by atoms with Crippen molar-refractivity contribution in [3.8, 4) is 0 Å². The molecule has 1 aromatic heterocycles. The van der Waals surface area contributed by atoms with Crippen molar-refractivity contribution in [1.29, 1.82) is 0 Å². The molecule has 0 bridgehead atoms. The van der Waals surface area contributed by atoms with Crippen molar-refractivity contribution in [2.24, 2.45) is 0 Å². The molecule has 0 aromatic carbocycles. The van der Waals surface area contributed by atoms with Crippen LogP contribution < -0.4 is 5.32 Å². The van der Waals surface area contributed by atoms with Crippen LogP contribution in [0.1, 0.15) is 26.7 Å². The normalized spacial score (nSPS) is 19.7. The highest BCUT2D eigenvalue weighted by molar-refractivity contribution is 6.05. The number of nitrogens with one attached hydrogen (secondary N) is 1. The maximum Gasteiger partial charge on any atom is 0.247 e. The molecule has 2 heterocycles. The lowest BCUT2D eigenvalue weighted by atomic mass is 10.2. The Bertz CT molecular complexity index is 443. The highest BCUT2D eigenvalue weighted by atomic mass is 16.2. The summed E-state index contributed by atoms with van der Waals surface area (Å²) in [6, 6.07) is -0.437. The minimum absolute atomic E-state index is 0.0676. The van der Waals surface area contributed by atoms with Crippen LogP contribution in [0.15, 0.2) is 12.4 Å². The van der Waals surface area contributed by atoms with Crippen molar-refractivity contribution in [3.63, 3.8) is 0 Å². The largest absolute Gasteiger partial charge is 0.305 e. The summed E-state index contributed by atoms with van der Waals surface area (Å²) in [6.07, 6.45) is 4.53. The third-order valence-electron chi connectivity index (χ3n) is 3.13. The third kappa shape index (κ3) is 3.17. The molecule has 2 rings (SSSR count). The first kappa shape index (κ1) is 13.7. The molecule has 0 aliphatic carbocycles. The topological polar surface area (TPSA) is 80.1 Å². The summed E-state index contributed by atoms with van der Waals surface area (Å²) >= 11 is 0. The van der Waals surface area contributed by atoms with Gasteiger partial charge in [-0.1, -0.05) is 5.21 Å². The second-order valence-corrected chi connectivity index (χ2v) is 4.93. The first-order valence-corrected chi connectivity index (χ1v) is 6.53. The molecule has 1 aliphatic rings. The molecular weight excluding hydrogens is 246 g/mol. The van der Waals surface area contributed by atoms with Crippen LogP contribution >= 0.6 is 0 Å². The second kappa shape index (κ2) is 5.92. The molecule has 19 heavy (non-hydrogen) atoms. The Morgan fingerprint density at radius 1 is 1.47 bits per heavy atom. The van der Waals surface area contributed by atoms with E-state index in [0.29, 0.717) is 6.54 Å². The minimum Gasteiger partial charge on any atom is -0.305 e. The van der Waals surface area contributed by atoms with E-state index in [0.717, 1.165) is 13.0 Å². The van der Waals surface area contributed by atoms with E-state index < -0.39 is 0 Å². The average molecular weight is 265 g/mol. The van der Waals surface area contributed by atoms with Gasteiger partial charge in [-0.3, -0.25) is 19.2 Å². The van der Waals surface area contributed by atoms with Crippen molar-refractivity contribution >= 4 is 11.8 Å². The zero-order valence-electron chi connectivity index (χ0n) is 11.2. The fourth-order valence-corrected chi connectivity index (χ4v) is 2.22. The Kier molecular flexibility index (Phi) is 4.26. The molecule has 0 saturated carbocycles. The van der Waals surface area contributed by atoms with Crippen LogP contribution in [-0.4, -0.2) is 50.3 Å². The van der Waals surface area contributed by atoms with Crippen LogP contribution in [0.3, 0.4) is 0 Å². The molecular formula is C12H19N5O2. The van der Waals surface area contributed by atoms with Gasteiger partial charge in [0.1, 0.15) is 0 Å². The molecule has 2 amide bonds. The van der Waals surface area contributed by atoms with Gasteiger partial charge in [0.15, 0.2) is 0 Å². The Balaban J connectivity index is 1.75. The van der Waals surface area contributed by atoms with Crippen LogP contribution in [-0.2, 0) is 16.1 Å². The Labute approximate surface area is 112 Å². The fourth-order valence-electron chi connectivity index (χ4n) is 2.22. The second-order valence-electron chi connectivity index (χ2n) is 4.93. The number of carbonyl (C=O) groups excluding carboxylic acids is 2. The molecule has 1 unspecified atom stereocenters. The molecule has 0 spiro atoms. The number of aromatic nitrogens is 3. The average Bonchev–Trinajstić information content (AvgIpc) is 2.93. The van der Waals surface area contributed by atoms with Gasteiger partial charge in [0.05, 0.1) is 18.7 Å². The van der Waals surface area contributed by atoms with Gasteiger partial charge in [-0.05, 0) is 26.8 Å². The van der Waals surface area contributed by atoms with Crippen molar-refractivity contribution in [3.05, 3.63) is 12.4 Å². The molecule has 7 nitrogen and oxygen atoms in total. The van der Waals surface area contributed by atoms with E-state index in [9.17, 15) is 9.59 Å². The molecule has 1 fully saturated rings. The van der Waals surface area contributed by atoms with E-state index >= 15 is 0 Å². The lowest BCUT2D eigenvalue weighted by Gasteiger charge is -2.19. The van der Waals surface area contributed by atoms with Gasteiger partial charge in [0.2, 0.25) is 11.8 Å². The lowest BCUT2D eigenvalue weighted by Crippen LogP contribution is -2.42. The van der Waals surface area contributed by atoms with E-state index in [1.165, 1.54) is 4.90 Å². The van der Waals surface area contributed by atoms with Crippen molar-refractivity contribution in [1.82, 2.24) is 25.2 Å². The van der Waals surface area contributed by atoms with Gasteiger partial charge < -0.3 is 5.32 Å². The summed E-state index contributed by atoms with van der Waals surface area (Å²) in [4.78, 5) is 25.0. The summed E-state index contributed by atoms with van der Waals surface area (Å²) in [6.45, 7) is 5.12. The molecule has 104 valence electrons. The predicted molar refractivity (Wildman–Crippen MR) is 68.0 cm³/mol. The summed E-state index contributed by atoms with van der Waals surface area (Å²) in [5.74, 6) is -0.200. The lowest BCUT2D eigenvalue weighted by molar-refractivity contribution is -0.140. The molecule has 0 radical (unpaired) electrons. The minimum atomic E-state index is -0.370. The quantitative estimate of drug-likeness (QED) is 0.569. The molecule has 1 saturated heterocycles. The van der Waals surface area contributed by atoms with E-state index in [1.54, 1.807) is 17.1 Å².